The summed E-state index contributed by atoms with van der Waals surface area (Å²) in [5.74, 6) is 0.267. The first kappa shape index (κ1) is 27.2. The molecule has 33 heavy (non-hydrogen) atoms. The van der Waals surface area contributed by atoms with Gasteiger partial charge in [-0.05, 0) is 37.8 Å². The number of hydrogen-bond donors (Lipinski definition) is 4. The Labute approximate surface area is 212 Å². The number of carbonyl (C=O) groups is 1. The molecular weight excluding hydrogens is 504 g/mol. The quantitative estimate of drug-likeness (QED) is 0.321. The van der Waals surface area contributed by atoms with E-state index in [1.165, 1.54) is 58.3 Å². The standard InChI is InChI=1S/C23H37N5O2.2ClH.Mn/c1-16(29)30-23-11-10-17-14-26-20-8-4-2-6-18(20)24-12-13-25-19-7-3-5-9-21(19)27-15-22(23)28-17;;;/h10-11,18-21,24-27H,2-9,12-15H2,1H3;2*1H;/q;;;+2/p-2/t18-,19-,20-,21-;;;/m1.../s1. The topological polar surface area (TPSA) is 87.3 Å². The molecule has 4 atom stereocenters. The number of hydrogen-bond acceptors (Lipinski definition) is 7. The molecule has 0 saturated heterocycles. The van der Waals surface area contributed by atoms with Crippen LogP contribution in [0.2, 0.25) is 0 Å². The van der Waals surface area contributed by atoms with Crippen molar-refractivity contribution in [3.05, 3.63) is 23.5 Å². The Hall–Kier alpha value is -0.441. The average molecular weight is 541 g/mol. The monoisotopic (exact) mass is 540 g/mol. The van der Waals surface area contributed by atoms with Crippen LogP contribution in [0.15, 0.2) is 12.1 Å². The Morgan fingerprint density at radius 1 is 0.879 bits per heavy atom. The minimum absolute atomic E-state index is 0.00694. The van der Waals surface area contributed by atoms with Gasteiger partial charge in [0, 0.05) is 57.3 Å². The molecule has 1 aromatic rings. The van der Waals surface area contributed by atoms with Crippen molar-refractivity contribution in [3.8, 4) is 5.75 Å². The zero-order valence-corrected chi connectivity index (χ0v) is 22.0. The van der Waals surface area contributed by atoms with Gasteiger partial charge in [0.15, 0.2) is 5.75 Å². The van der Waals surface area contributed by atoms with Crippen molar-refractivity contribution >= 4 is 26.2 Å². The zero-order chi connectivity index (χ0) is 23.5. The van der Waals surface area contributed by atoms with E-state index in [1.54, 1.807) is 0 Å². The number of halogens is 2. The van der Waals surface area contributed by atoms with Crippen molar-refractivity contribution in [3.63, 3.8) is 0 Å². The van der Waals surface area contributed by atoms with Crippen LogP contribution in [-0.2, 0) is 31.0 Å². The summed E-state index contributed by atoms with van der Waals surface area (Å²) in [6.45, 7) is 4.80. The predicted molar refractivity (Wildman–Crippen MR) is 129 cm³/mol. The molecular formula is C23H37Cl2MnN5O2. The average Bonchev–Trinajstić information content (AvgIpc) is 2.81. The number of aromatic nitrogens is 1. The van der Waals surface area contributed by atoms with E-state index in [0.717, 1.165) is 31.0 Å². The summed E-state index contributed by atoms with van der Waals surface area (Å²) in [5, 5.41) is 15.0. The number of carbonyl (C=O) groups excluding carboxylic acids is 1. The normalized spacial score (nSPS) is 28.6. The van der Waals surface area contributed by atoms with Crippen LogP contribution in [0.3, 0.4) is 0 Å². The van der Waals surface area contributed by atoms with Crippen LogP contribution in [0.4, 0.5) is 0 Å². The first-order valence-corrected chi connectivity index (χ1v) is 15.3. The van der Waals surface area contributed by atoms with Gasteiger partial charge in [-0.1, -0.05) is 25.7 Å². The molecule has 2 fully saturated rings. The molecule has 10 heteroatoms. The maximum atomic E-state index is 11.6. The van der Waals surface area contributed by atoms with Crippen LogP contribution in [0.5, 0.6) is 5.75 Å². The molecule has 1 aromatic heterocycles. The Morgan fingerprint density at radius 3 is 1.88 bits per heavy atom. The van der Waals surface area contributed by atoms with Crippen molar-refractivity contribution in [2.45, 2.75) is 95.5 Å². The van der Waals surface area contributed by atoms with Gasteiger partial charge in [0.05, 0.1) is 11.4 Å². The molecule has 187 valence electrons. The summed E-state index contributed by atoms with van der Waals surface area (Å²) in [7, 11) is 9.59. The summed E-state index contributed by atoms with van der Waals surface area (Å²) in [4.78, 5) is 16.4. The van der Waals surface area contributed by atoms with Crippen molar-refractivity contribution in [2.24, 2.45) is 0 Å². The van der Waals surface area contributed by atoms with Crippen LogP contribution in [0.1, 0.15) is 69.7 Å². The van der Waals surface area contributed by atoms with Crippen molar-refractivity contribution < 1.29 is 22.7 Å². The molecule has 3 aliphatic rings. The van der Waals surface area contributed by atoms with Crippen LogP contribution < -0.4 is 26.0 Å². The van der Waals surface area contributed by atoms with Gasteiger partial charge in [-0.15, -0.1) is 0 Å². The summed E-state index contributed by atoms with van der Waals surface area (Å²) < 4.78 is 5.45. The SMILES string of the molecule is CC(=O)Oc1ccc2nc1CN[C@@H]1CCCC[C@H]1NCCN[C@@H]1CCCC[C@H]1NC2.[Cl][Mn][Cl]. The molecule has 0 spiro atoms. The van der Waals surface area contributed by atoms with E-state index in [9.17, 15) is 4.79 Å². The number of nitrogens with one attached hydrogen (secondary N) is 4. The van der Waals surface area contributed by atoms with E-state index in [2.05, 4.69) is 21.3 Å². The van der Waals surface area contributed by atoms with Gasteiger partial charge in [0.25, 0.3) is 0 Å². The zero-order valence-electron chi connectivity index (χ0n) is 19.3. The van der Waals surface area contributed by atoms with Crippen LogP contribution >= 0.6 is 20.2 Å². The predicted octanol–water partition coefficient (Wildman–Crippen LogP) is 3.38. The fraction of sp³-hybridized carbons (Fsp3) is 0.739. The molecule has 2 aliphatic carbocycles. The third-order valence-electron chi connectivity index (χ3n) is 6.79. The van der Waals surface area contributed by atoms with E-state index < -0.39 is 0 Å². The number of ether oxygens (including phenoxy) is 1. The first-order valence-electron chi connectivity index (χ1n) is 12.1. The summed E-state index contributed by atoms with van der Waals surface area (Å²) in [6.07, 6.45) is 9.93. The molecule has 1 aliphatic heterocycles. The molecule has 4 N–H and O–H groups in total. The molecule has 2 saturated carbocycles. The maximum absolute atomic E-state index is 11.6. The van der Waals surface area contributed by atoms with Crippen LogP contribution in [0, 0.1) is 0 Å². The van der Waals surface area contributed by atoms with Gasteiger partial charge in [-0.3, -0.25) is 9.78 Å². The third kappa shape index (κ3) is 8.93. The number of pyridine rings is 1. The number of fused-ring (bicyclic) bond motifs is 4. The van der Waals surface area contributed by atoms with Crippen LogP contribution in [0.25, 0.3) is 0 Å². The van der Waals surface area contributed by atoms with Crippen molar-refractivity contribution in [2.75, 3.05) is 13.1 Å². The van der Waals surface area contributed by atoms with Gasteiger partial charge in [0.2, 0.25) is 0 Å². The molecule has 2 bridgehead atoms. The van der Waals surface area contributed by atoms with Gasteiger partial charge >= 0.3 is 39.3 Å². The first-order chi connectivity index (χ1) is 16.1. The third-order valence-corrected chi connectivity index (χ3v) is 6.79. The molecule has 0 unspecified atom stereocenters. The summed E-state index contributed by atoms with van der Waals surface area (Å²) in [6, 6.07) is 5.76. The van der Waals surface area contributed by atoms with E-state index in [4.69, 9.17) is 29.9 Å². The fourth-order valence-electron chi connectivity index (χ4n) is 5.22. The van der Waals surface area contributed by atoms with Crippen molar-refractivity contribution in [1.29, 1.82) is 0 Å². The molecule has 0 amide bonds. The molecule has 0 radical (unpaired) electrons. The number of esters is 1. The Bertz CT molecular complexity index is 745. The molecule has 2 heterocycles. The van der Waals surface area contributed by atoms with Gasteiger partial charge in [-0.2, -0.15) is 0 Å². The summed E-state index contributed by atoms with van der Waals surface area (Å²) in [5.41, 5.74) is 1.82. The van der Waals surface area contributed by atoms with E-state index in [0.29, 0.717) is 36.5 Å². The second-order valence-electron chi connectivity index (χ2n) is 9.06. The van der Waals surface area contributed by atoms with E-state index >= 15 is 0 Å². The second kappa shape index (κ2) is 14.8. The van der Waals surface area contributed by atoms with Crippen molar-refractivity contribution in [1.82, 2.24) is 26.3 Å². The molecule has 7 nitrogen and oxygen atoms in total. The van der Waals surface area contributed by atoms with Gasteiger partial charge in [0.1, 0.15) is 0 Å². The molecule has 4 rings (SSSR count). The van der Waals surface area contributed by atoms with E-state index in [1.807, 2.05) is 12.1 Å². The summed E-state index contributed by atoms with van der Waals surface area (Å²) >= 11 is 0.00694. The van der Waals surface area contributed by atoms with E-state index in [-0.39, 0.29) is 19.1 Å². The fourth-order valence-corrected chi connectivity index (χ4v) is 5.22. The second-order valence-corrected chi connectivity index (χ2v) is 11.0. The Balaban J connectivity index is 0.000000968. The Kier molecular flexibility index (Phi) is 12.2. The number of rotatable bonds is 1. The van der Waals surface area contributed by atoms with Gasteiger partial charge < -0.3 is 26.0 Å². The van der Waals surface area contributed by atoms with Crippen LogP contribution in [-0.4, -0.2) is 48.2 Å². The Morgan fingerprint density at radius 2 is 1.36 bits per heavy atom. The minimum atomic E-state index is -0.303. The van der Waals surface area contributed by atoms with Gasteiger partial charge in [-0.25, -0.2) is 0 Å². The molecule has 0 aromatic carbocycles. The number of nitrogens with zero attached hydrogens (tertiary/aromatic N) is 1.